The van der Waals surface area contributed by atoms with Gasteiger partial charge < -0.3 is 5.32 Å². The van der Waals surface area contributed by atoms with Crippen molar-refractivity contribution in [3.63, 3.8) is 0 Å². The van der Waals surface area contributed by atoms with Gasteiger partial charge in [0.1, 0.15) is 5.54 Å². The SMILES string of the molecule is N#CC1(NC(=O)C2C3C4CCC(C4)C23)CCCC1. The van der Waals surface area contributed by atoms with Crippen LogP contribution in [0.3, 0.4) is 0 Å². The summed E-state index contributed by atoms with van der Waals surface area (Å²) in [5, 5.41) is 12.4. The lowest BCUT2D eigenvalue weighted by atomic mass is 9.97. The lowest BCUT2D eigenvalue weighted by Crippen LogP contribution is -2.46. The van der Waals surface area contributed by atoms with E-state index in [4.69, 9.17) is 0 Å². The molecule has 0 saturated heterocycles. The zero-order valence-corrected chi connectivity index (χ0v) is 10.7. The first-order valence-electron chi connectivity index (χ1n) is 7.47. The molecule has 0 aromatic carbocycles. The van der Waals surface area contributed by atoms with E-state index in [0.29, 0.717) is 11.8 Å². The van der Waals surface area contributed by atoms with Crippen LogP contribution >= 0.6 is 0 Å². The zero-order valence-electron chi connectivity index (χ0n) is 10.7. The van der Waals surface area contributed by atoms with Gasteiger partial charge in [0.15, 0.2) is 0 Å². The molecule has 4 fully saturated rings. The normalized spacial score (nSPS) is 46.5. The minimum absolute atomic E-state index is 0.199. The van der Waals surface area contributed by atoms with Crippen molar-refractivity contribution in [3.8, 4) is 6.07 Å². The summed E-state index contributed by atoms with van der Waals surface area (Å²) in [5.74, 6) is 3.49. The molecule has 3 nitrogen and oxygen atoms in total. The fraction of sp³-hybridized carbons (Fsp3) is 0.867. The summed E-state index contributed by atoms with van der Waals surface area (Å²) >= 11 is 0. The average Bonchev–Trinajstić information content (AvgIpc) is 2.75. The topological polar surface area (TPSA) is 52.9 Å². The van der Waals surface area contributed by atoms with Crippen LogP contribution in [0.2, 0.25) is 0 Å². The van der Waals surface area contributed by atoms with Crippen LogP contribution in [0, 0.1) is 40.9 Å². The molecule has 4 aliphatic rings. The number of fused-ring (bicyclic) bond motifs is 5. The standard InChI is InChI=1S/C15H20N2O/c16-8-15(5-1-2-6-15)17-14(18)13-11-9-3-4-10(7-9)12(11)13/h9-13H,1-7H2,(H,17,18). The first-order valence-corrected chi connectivity index (χ1v) is 7.47. The second-order valence-electron chi connectivity index (χ2n) is 6.90. The van der Waals surface area contributed by atoms with Crippen molar-refractivity contribution in [1.29, 1.82) is 5.26 Å². The molecule has 4 rings (SSSR count). The molecule has 2 bridgehead atoms. The van der Waals surface area contributed by atoms with Gasteiger partial charge in [-0.05, 0) is 68.6 Å². The van der Waals surface area contributed by atoms with Crippen molar-refractivity contribution in [1.82, 2.24) is 5.32 Å². The van der Waals surface area contributed by atoms with E-state index in [2.05, 4.69) is 11.4 Å². The first-order chi connectivity index (χ1) is 8.74. The summed E-state index contributed by atoms with van der Waals surface area (Å²) in [4.78, 5) is 12.4. The second kappa shape index (κ2) is 3.50. The largest absolute Gasteiger partial charge is 0.338 e. The molecule has 1 amide bonds. The number of hydrogen-bond acceptors (Lipinski definition) is 2. The van der Waals surface area contributed by atoms with Gasteiger partial charge in [-0.2, -0.15) is 5.26 Å². The minimum atomic E-state index is -0.521. The Hall–Kier alpha value is -1.04. The van der Waals surface area contributed by atoms with Crippen LogP contribution in [-0.2, 0) is 4.79 Å². The van der Waals surface area contributed by atoms with Gasteiger partial charge in [-0.3, -0.25) is 4.79 Å². The van der Waals surface area contributed by atoms with Crippen LogP contribution < -0.4 is 5.32 Å². The molecular formula is C15H20N2O. The Morgan fingerprint density at radius 3 is 2.33 bits per heavy atom. The van der Waals surface area contributed by atoms with Crippen LogP contribution in [0.5, 0.6) is 0 Å². The summed E-state index contributed by atoms with van der Waals surface area (Å²) < 4.78 is 0. The third-order valence-corrected chi connectivity index (χ3v) is 6.07. The highest BCUT2D eigenvalue weighted by molar-refractivity contribution is 5.84. The molecule has 0 aromatic rings. The maximum atomic E-state index is 12.4. The van der Waals surface area contributed by atoms with Crippen molar-refractivity contribution in [3.05, 3.63) is 0 Å². The Morgan fingerprint density at radius 1 is 1.17 bits per heavy atom. The summed E-state index contributed by atoms with van der Waals surface area (Å²) in [7, 11) is 0. The van der Waals surface area contributed by atoms with Crippen LogP contribution in [0.4, 0.5) is 0 Å². The van der Waals surface area contributed by atoms with E-state index < -0.39 is 5.54 Å². The third-order valence-electron chi connectivity index (χ3n) is 6.07. The number of rotatable bonds is 2. The van der Waals surface area contributed by atoms with Gasteiger partial charge in [0.25, 0.3) is 0 Å². The number of amides is 1. The Labute approximate surface area is 108 Å². The predicted molar refractivity (Wildman–Crippen MR) is 66.3 cm³/mol. The van der Waals surface area contributed by atoms with E-state index in [0.717, 1.165) is 37.5 Å². The number of carbonyl (C=O) groups excluding carboxylic acids is 1. The Morgan fingerprint density at radius 2 is 1.78 bits per heavy atom. The highest BCUT2D eigenvalue weighted by atomic mass is 16.2. The van der Waals surface area contributed by atoms with Crippen LogP contribution in [-0.4, -0.2) is 11.4 Å². The molecular weight excluding hydrogens is 224 g/mol. The van der Waals surface area contributed by atoms with E-state index in [1.54, 1.807) is 0 Å². The maximum absolute atomic E-state index is 12.4. The molecule has 3 heteroatoms. The second-order valence-corrected chi connectivity index (χ2v) is 6.90. The number of carbonyl (C=O) groups is 1. The number of nitrogens with one attached hydrogen (secondary N) is 1. The summed E-state index contributed by atoms with van der Waals surface area (Å²) in [6.45, 7) is 0. The van der Waals surface area contributed by atoms with Crippen LogP contribution in [0.15, 0.2) is 0 Å². The molecule has 4 unspecified atom stereocenters. The Balaban J connectivity index is 1.45. The fourth-order valence-corrected chi connectivity index (χ4v) is 5.24. The smallest absolute Gasteiger partial charge is 0.224 e. The quantitative estimate of drug-likeness (QED) is 0.810. The van der Waals surface area contributed by atoms with E-state index >= 15 is 0 Å². The van der Waals surface area contributed by atoms with Crippen molar-refractivity contribution < 1.29 is 4.79 Å². The molecule has 4 aliphatic carbocycles. The van der Waals surface area contributed by atoms with Gasteiger partial charge in [0.05, 0.1) is 6.07 Å². The van der Waals surface area contributed by atoms with E-state index in [-0.39, 0.29) is 11.8 Å². The predicted octanol–water partition coefficient (Wildman–Crippen LogP) is 2.23. The fourth-order valence-electron chi connectivity index (χ4n) is 5.24. The van der Waals surface area contributed by atoms with Gasteiger partial charge in [0, 0.05) is 5.92 Å². The molecule has 0 aliphatic heterocycles. The Kier molecular flexibility index (Phi) is 2.11. The van der Waals surface area contributed by atoms with Crippen LogP contribution in [0.1, 0.15) is 44.9 Å². The molecule has 0 aromatic heterocycles. The van der Waals surface area contributed by atoms with Crippen molar-refractivity contribution in [2.75, 3.05) is 0 Å². The van der Waals surface area contributed by atoms with Crippen LogP contribution in [0.25, 0.3) is 0 Å². The molecule has 4 atom stereocenters. The molecule has 0 spiro atoms. The average molecular weight is 244 g/mol. The van der Waals surface area contributed by atoms with Gasteiger partial charge >= 0.3 is 0 Å². The summed E-state index contributed by atoms with van der Waals surface area (Å²) in [6, 6.07) is 2.36. The lowest BCUT2D eigenvalue weighted by Gasteiger charge is -2.23. The molecule has 0 radical (unpaired) electrons. The Bertz CT molecular complexity index is 416. The highest BCUT2D eigenvalue weighted by Gasteiger charge is 2.67. The molecule has 1 N–H and O–H groups in total. The maximum Gasteiger partial charge on any atom is 0.224 e. The van der Waals surface area contributed by atoms with Crippen molar-refractivity contribution in [2.24, 2.45) is 29.6 Å². The third kappa shape index (κ3) is 1.32. The molecule has 96 valence electrons. The van der Waals surface area contributed by atoms with Crippen molar-refractivity contribution >= 4 is 5.91 Å². The highest BCUT2D eigenvalue weighted by Crippen LogP contribution is 2.69. The first kappa shape index (κ1) is 10.8. The van der Waals surface area contributed by atoms with E-state index in [1.807, 2.05) is 0 Å². The van der Waals surface area contributed by atoms with Gasteiger partial charge in [0.2, 0.25) is 5.91 Å². The van der Waals surface area contributed by atoms with E-state index in [9.17, 15) is 10.1 Å². The van der Waals surface area contributed by atoms with Gasteiger partial charge in [-0.25, -0.2) is 0 Å². The minimum Gasteiger partial charge on any atom is -0.338 e. The number of nitrogens with zero attached hydrogens (tertiary/aromatic N) is 1. The van der Waals surface area contributed by atoms with E-state index in [1.165, 1.54) is 19.3 Å². The monoisotopic (exact) mass is 244 g/mol. The summed E-state index contributed by atoms with van der Waals surface area (Å²) in [6.07, 6.45) is 7.93. The van der Waals surface area contributed by atoms with Gasteiger partial charge in [-0.15, -0.1) is 0 Å². The summed E-state index contributed by atoms with van der Waals surface area (Å²) in [5.41, 5.74) is -0.521. The van der Waals surface area contributed by atoms with Gasteiger partial charge in [-0.1, -0.05) is 0 Å². The van der Waals surface area contributed by atoms with Crippen molar-refractivity contribution in [2.45, 2.75) is 50.5 Å². The molecule has 0 heterocycles. The number of nitriles is 1. The lowest BCUT2D eigenvalue weighted by molar-refractivity contribution is -0.124. The molecule has 4 saturated carbocycles. The number of hydrogen-bond donors (Lipinski definition) is 1. The molecule has 18 heavy (non-hydrogen) atoms. The zero-order chi connectivity index (χ0) is 12.3.